The van der Waals surface area contributed by atoms with Gasteiger partial charge in [-0.25, -0.2) is 4.68 Å². The lowest BCUT2D eigenvalue weighted by molar-refractivity contribution is 0.0866. The summed E-state index contributed by atoms with van der Waals surface area (Å²) in [4.78, 5) is 11.4. The molecule has 3 aromatic heterocycles. The Morgan fingerprint density at radius 2 is 1.71 bits per heavy atom. The number of fused-ring (bicyclic) bond motifs is 1. The number of hydrogen-bond donors (Lipinski definition) is 2. The molecule has 1 aliphatic rings. The minimum Gasteiger partial charge on any atom is -0.486 e. The molecule has 0 bridgehead atoms. The van der Waals surface area contributed by atoms with Crippen molar-refractivity contribution in [3.8, 4) is 11.8 Å². The Morgan fingerprint density at radius 3 is 2.42 bits per heavy atom. The molecule has 3 aromatic carbocycles. The third-order valence-electron chi connectivity index (χ3n) is 9.40. The third-order valence-corrected chi connectivity index (χ3v) is 9.99. The Labute approximate surface area is 313 Å². The highest BCUT2D eigenvalue weighted by atomic mass is 35.5. The van der Waals surface area contributed by atoms with Crippen LogP contribution in [0, 0.1) is 11.3 Å². The number of nitrogens with zero attached hydrogens (tertiary/aromatic N) is 7. The van der Waals surface area contributed by atoms with Crippen molar-refractivity contribution >= 4 is 51.2 Å². The Morgan fingerprint density at radius 1 is 0.942 bits per heavy atom. The predicted octanol–water partition coefficient (Wildman–Crippen LogP) is 9.36. The first kappa shape index (κ1) is 35.2. The lowest BCUT2D eigenvalue weighted by Gasteiger charge is -2.40. The number of rotatable bonds is 10. The molecule has 0 radical (unpaired) electrons. The molecule has 0 unspecified atom stereocenters. The van der Waals surface area contributed by atoms with Crippen molar-refractivity contribution in [2.45, 2.75) is 57.8 Å². The van der Waals surface area contributed by atoms with Crippen molar-refractivity contribution in [2.75, 3.05) is 23.7 Å². The first-order valence-corrected chi connectivity index (χ1v) is 18.0. The zero-order valence-electron chi connectivity index (χ0n) is 29.2. The summed E-state index contributed by atoms with van der Waals surface area (Å²) >= 11 is 13.5. The Hall–Kier alpha value is -5.21. The Kier molecular flexibility index (Phi) is 10.3. The largest absolute Gasteiger partial charge is 0.486 e. The van der Waals surface area contributed by atoms with Crippen LogP contribution in [0.25, 0.3) is 10.9 Å². The van der Waals surface area contributed by atoms with E-state index in [9.17, 15) is 5.26 Å². The maximum atomic E-state index is 10.1. The van der Waals surface area contributed by atoms with Crippen LogP contribution in [-0.2, 0) is 6.61 Å². The number of anilines is 3. The summed E-state index contributed by atoms with van der Waals surface area (Å²) in [5, 5.41) is 28.0. The lowest BCUT2D eigenvalue weighted by atomic mass is 9.98. The van der Waals surface area contributed by atoms with Gasteiger partial charge in [-0.15, -0.1) is 5.10 Å². The van der Waals surface area contributed by atoms with E-state index in [-0.39, 0.29) is 24.2 Å². The minimum atomic E-state index is -0.320. The fraction of sp³-hybridized carbons (Fsp3) is 0.275. The van der Waals surface area contributed by atoms with Gasteiger partial charge in [0.15, 0.2) is 0 Å². The normalized spacial score (nSPS) is 14.5. The average molecular weight is 733 g/mol. The number of piperidine rings is 1. The molecule has 1 aliphatic heterocycles. The van der Waals surface area contributed by atoms with Crippen molar-refractivity contribution in [3.05, 3.63) is 130 Å². The van der Waals surface area contributed by atoms with Crippen LogP contribution >= 0.6 is 23.2 Å². The lowest BCUT2D eigenvalue weighted by Crippen LogP contribution is -2.46. The average Bonchev–Trinajstić information content (AvgIpc) is 3.64. The number of pyridine rings is 2. The second-order valence-electron chi connectivity index (χ2n) is 13.9. The summed E-state index contributed by atoms with van der Waals surface area (Å²) in [6.45, 7) is 9.11. The zero-order valence-corrected chi connectivity index (χ0v) is 30.7. The summed E-state index contributed by atoms with van der Waals surface area (Å²) in [5.74, 6) is 0.520. The summed E-state index contributed by atoms with van der Waals surface area (Å²) in [6.07, 6.45) is 7.32. The summed E-state index contributed by atoms with van der Waals surface area (Å²) in [7, 11) is 0. The molecule has 0 saturated carbocycles. The van der Waals surface area contributed by atoms with Crippen molar-refractivity contribution < 1.29 is 4.74 Å². The minimum absolute atomic E-state index is 0.147. The van der Waals surface area contributed by atoms with Gasteiger partial charge >= 0.3 is 0 Å². The van der Waals surface area contributed by atoms with E-state index in [4.69, 9.17) is 27.9 Å². The van der Waals surface area contributed by atoms with Gasteiger partial charge in [0, 0.05) is 47.8 Å². The van der Waals surface area contributed by atoms with E-state index in [0.29, 0.717) is 43.6 Å². The maximum absolute atomic E-state index is 10.1. The van der Waals surface area contributed by atoms with Gasteiger partial charge in [0.25, 0.3) is 0 Å². The Balaban J connectivity index is 1.17. The molecule has 4 heterocycles. The van der Waals surface area contributed by atoms with E-state index in [1.165, 1.54) is 6.20 Å². The van der Waals surface area contributed by atoms with Crippen LogP contribution in [0.15, 0.2) is 97.5 Å². The SMILES string of the molecule is CC(C)(C)N1CCC(n2cc([C@@H](Nc3cc(Cl)c4ncc(C#N)c(Nc5ccc(OCc6ccccn6)c(Cl)c5)c4c3)c3ccccc3)nn2)CC1. The molecule has 0 spiro atoms. The molecule has 7 rings (SSSR count). The molecule has 10 nitrogen and oxygen atoms in total. The van der Waals surface area contributed by atoms with Crippen LogP contribution in [0.3, 0.4) is 0 Å². The van der Waals surface area contributed by atoms with E-state index in [2.05, 4.69) is 81.0 Å². The summed E-state index contributed by atoms with van der Waals surface area (Å²) in [5.41, 5.74) is 5.62. The van der Waals surface area contributed by atoms with E-state index < -0.39 is 0 Å². The zero-order chi connectivity index (χ0) is 36.2. The van der Waals surface area contributed by atoms with Crippen LogP contribution in [0.4, 0.5) is 17.1 Å². The predicted molar refractivity (Wildman–Crippen MR) is 206 cm³/mol. The van der Waals surface area contributed by atoms with Crippen LogP contribution < -0.4 is 15.4 Å². The number of likely N-dealkylation sites (tertiary alicyclic amines) is 1. The number of hydrogen-bond acceptors (Lipinski definition) is 9. The number of benzene rings is 3. The molecular weight excluding hydrogens is 693 g/mol. The Bertz CT molecular complexity index is 2210. The number of nitriles is 1. The monoisotopic (exact) mass is 731 g/mol. The van der Waals surface area contributed by atoms with Gasteiger partial charge in [-0.05, 0) is 81.6 Å². The number of aromatic nitrogens is 5. The van der Waals surface area contributed by atoms with Crippen LogP contribution in [0.1, 0.15) is 68.2 Å². The van der Waals surface area contributed by atoms with Gasteiger partial charge in [0.05, 0.1) is 50.8 Å². The molecular formula is C40H39Cl2N9O. The van der Waals surface area contributed by atoms with Gasteiger partial charge < -0.3 is 15.4 Å². The maximum Gasteiger partial charge on any atom is 0.138 e. The smallest absolute Gasteiger partial charge is 0.138 e. The van der Waals surface area contributed by atoms with Crippen molar-refractivity contribution in [1.29, 1.82) is 5.26 Å². The van der Waals surface area contributed by atoms with Gasteiger partial charge in [-0.1, -0.05) is 64.8 Å². The number of halogens is 2. The van der Waals surface area contributed by atoms with E-state index >= 15 is 0 Å². The molecule has 52 heavy (non-hydrogen) atoms. The fourth-order valence-electron chi connectivity index (χ4n) is 6.58. The molecule has 0 amide bonds. The second-order valence-corrected chi connectivity index (χ2v) is 14.7. The van der Waals surface area contributed by atoms with Crippen LogP contribution in [-0.4, -0.2) is 48.5 Å². The molecule has 12 heteroatoms. The highest BCUT2D eigenvalue weighted by molar-refractivity contribution is 6.36. The van der Waals surface area contributed by atoms with Crippen molar-refractivity contribution in [2.24, 2.45) is 0 Å². The summed E-state index contributed by atoms with van der Waals surface area (Å²) in [6, 6.07) is 27.2. The second kappa shape index (κ2) is 15.2. The van der Waals surface area contributed by atoms with Gasteiger partial charge in [0.2, 0.25) is 0 Å². The molecule has 1 saturated heterocycles. The van der Waals surface area contributed by atoms with E-state index in [0.717, 1.165) is 48.6 Å². The molecule has 1 fully saturated rings. The number of nitrogens with one attached hydrogen (secondary N) is 2. The standard InChI is InChI=1S/C40H39Cl2N9O/c1-40(2,3)50-17-14-31(15-18-50)51-24-35(48-49-51)38(26-9-5-4-6-10-26)47-30-19-32-37(27(22-43)23-45-39(32)34(42)21-30)46-28-12-13-36(33(41)20-28)52-25-29-11-7-8-16-44-29/h4-13,16,19-21,23-24,31,38,47H,14-15,17-18,25H2,1-3H3,(H,45,46)/t38-/m0/s1. The highest BCUT2D eigenvalue weighted by Crippen LogP contribution is 2.38. The first-order valence-electron chi connectivity index (χ1n) is 17.3. The first-order chi connectivity index (χ1) is 25.2. The van der Waals surface area contributed by atoms with E-state index in [1.54, 1.807) is 18.3 Å². The highest BCUT2D eigenvalue weighted by Gasteiger charge is 2.29. The van der Waals surface area contributed by atoms with Gasteiger partial charge in [-0.2, -0.15) is 5.26 Å². The van der Waals surface area contributed by atoms with Crippen LogP contribution in [0.2, 0.25) is 10.0 Å². The number of ether oxygens (including phenoxy) is 1. The van der Waals surface area contributed by atoms with Gasteiger partial charge in [0.1, 0.15) is 24.1 Å². The molecule has 0 aliphatic carbocycles. The molecule has 2 N–H and O–H groups in total. The quantitative estimate of drug-likeness (QED) is 0.142. The molecule has 264 valence electrons. The molecule has 1 atom stereocenters. The fourth-order valence-corrected chi connectivity index (χ4v) is 7.08. The van der Waals surface area contributed by atoms with Crippen molar-refractivity contribution in [1.82, 2.24) is 29.9 Å². The third kappa shape index (κ3) is 7.82. The van der Waals surface area contributed by atoms with Crippen molar-refractivity contribution in [3.63, 3.8) is 0 Å². The van der Waals surface area contributed by atoms with E-state index in [1.807, 2.05) is 59.3 Å². The van der Waals surface area contributed by atoms with Gasteiger partial charge in [-0.3, -0.25) is 14.9 Å². The van der Waals surface area contributed by atoms with Crippen LogP contribution in [0.5, 0.6) is 5.75 Å². The summed E-state index contributed by atoms with van der Waals surface area (Å²) < 4.78 is 7.93. The topological polar surface area (TPSA) is 117 Å². The molecule has 6 aromatic rings.